The summed E-state index contributed by atoms with van der Waals surface area (Å²) in [5.74, 6) is 0. The number of aliphatic hydroxyl groups is 2. The zero-order valence-corrected chi connectivity index (χ0v) is 9.21. The van der Waals surface area contributed by atoms with Crippen molar-refractivity contribution in [3.8, 4) is 0 Å². The van der Waals surface area contributed by atoms with E-state index in [-0.39, 0.29) is 13.2 Å². The fourth-order valence-electron chi connectivity index (χ4n) is 1.35. The van der Waals surface area contributed by atoms with Crippen molar-refractivity contribution in [3.63, 3.8) is 0 Å². The number of hydrogen-bond acceptors (Lipinski definition) is 4. The highest BCUT2D eigenvalue weighted by molar-refractivity contribution is 4.57. The summed E-state index contributed by atoms with van der Waals surface area (Å²) in [6.07, 6.45) is 2.23. The average molecular weight is 204 g/mol. The van der Waals surface area contributed by atoms with Gasteiger partial charge in [-0.25, -0.2) is 0 Å². The van der Waals surface area contributed by atoms with Crippen LogP contribution in [-0.4, -0.2) is 61.1 Å². The highest BCUT2D eigenvalue weighted by Crippen LogP contribution is 1.89. The molecule has 0 radical (unpaired) electrons. The molecule has 4 nitrogen and oxygen atoms in total. The highest BCUT2D eigenvalue weighted by Gasteiger charge is 2.01. The summed E-state index contributed by atoms with van der Waals surface area (Å²) < 4.78 is 0. The van der Waals surface area contributed by atoms with Crippen LogP contribution in [0.4, 0.5) is 0 Å². The molecule has 0 aliphatic carbocycles. The lowest BCUT2D eigenvalue weighted by Crippen LogP contribution is -2.32. The van der Waals surface area contributed by atoms with Crippen LogP contribution in [0.2, 0.25) is 0 Å². The summed E-state index contributed by atoms with van der Waals surface area (Å²) in [4.78, 5) is 2.08. The molecule has 0 heterocycles. The fourth-order valence-corrected chi connectivity index (χ4v) is 1.35. The molecule has 0 aliphatic heterocycles. The van der Waals surface area contributed by atoms with E-state index >= 15 is 0 Å². The maximum absolute atomic E-state index is 8.77. The number of aliphatic hydroxyl groups excluding tert-OH is 2. The minimum atomic E-state index is 0.169. The Kier molecular flexibility index (Phi) is 10.8. The first-order valence-corrected chi connectivity index (χ1v) is 5.50. The second kappa shape index (κ2) is 10.9. The molecule has 0 aromatic carbocycles. The molecule has 0 atom stereocenters. The maximum Gasteiger partial charge on any atom is 0.0558 e. The zero-order chi connectivity index (χ0) is 10.6. The first-order valence-electron chi connectivity index (χ1n) is 5.50. The fraction of sp³-hybridized carbons (Fsp3) is 1.00. The Morgan fingerprint density at radius 2 is 1.64 bits per heavy atom. The quantitative estimate of drug-likeness (QED) is 0.426. The predicted molar refractivity (Wildman–Crippen MR) is 58.4 cm³/mol. The van der Waals surface area contributed by atoms with Gasteiger partial charge in [-0.15, -0.1) is 0 Å². The summed E-state index contributed by atoms with van der Waals surface area (Å²) in [6.45, 7) is 6.84. The third kappa shape index (κ3) is 8.44. The van der Waals surface area contributed by atoms with Crippen LogP contribution in [0, 0.1) is 0 Å². The number of nitrogens with zero attached hydrogens (tertiary/aromatic N) is 1. The van der Waals surface area contributed by atoms with E-state index < -0.39 is 0 Å². The van der Waals surface area contributed by atoms with E-state index in [4.69, 9.17) is 10.2 Å². The first-order chi connectivity index (χ1) is 6.85. The number of hydrogen-bond donors (Lipinski definition) is 3. The van der Waals surface area contributed by atoms with Crippen LogP contribution in [0.5, 0.6) is 0 Å². The molecule has 0 saturated heterocycles. The molecule has 0 bridgehead atoms. The van der Waals surface area contributed by atoms with Crippen LogP contribution in [0.3, 0.4) is 0 Å². The minimum Gasteiger partial charge on any atom is -0.395 e. The lowest BCUT2D eigenvalue weighted by atomic mass is 10.3. The van der Waals surface area contributed by atoms with E-state index in [0.29, 0.717) is 13.1 Å². The van der Waals surface area contributed by atoms with Crippen molar-refractivity contribution in [3.05, 3.63) is 0 Å². The molecule has 0 spiro atoms. The van der Waals surface area contributed by atoms with Gasteiger partial charge in [-0.2, -0.15) is 0 Å². The Balaban J connectivity index is 3.30. The molecule has 0 unspecified atom stereocenters. The SMILES string of the molecule is CCCNCCCN(CCO)CCO. The van der Waals surface area contributed by atoms with Gasteiger partial charge in [0.25, 0.3) is 0 Å². The van der Waals surface area contributed by atoms with Gasteiger partial charge >= 0.3 is 0 Å². The van der Waals surface area contributed by atoms with Crippen LogP contribution in [-0.2, 0) is 0 Å². The van der Waals surface area contributed by atoms with Gasteiger partial charge < -0.3 is 15.5 Å². The van der Waals surface area contributed by atoms with Crippen molar-refractivity contribution >= 4 is 0 Å². The van der Waals surface area contributed by atoms with Crippen molar-refractivity contribution < 1.29 is 10.2 Å². The van der Waals surface area contributed by atoms with Crippen LogP contribution >= 0.6 is 0 Å². The van der Waals surface area contributed by atoms with Gasteiger partial charge in [0.1, 0.15) is 0 Å². The molecule has 0 saturated carbocycles. The summed E-state index contributed by atoms with van der Waals surface area (Å²) in [7, 11) is 0. The summed E-state index contributed by atoms with van der Waals surface area (Å²) in [5, 5.41) is 20.9. The van der Waals surface area contributed by atoms with Crippen molar-refractivity contribution in [2.75, 3.05) is 45.9 Å². The largest absolute Gasteiger partial charge is 0.395 e. The second-order valence-electron chi connectivity index (χ2n) is 3.39. The van der Waals surface area contributed by atoms with Gasteiger partial charge in [-0.3, -0.25) is 4.90 Å². The number of nitrogens with one attached hydrogen (secondary N) is 1. The van der Waals surface area contributed by atoms with Crippen LogP contribution in [0.25, 0.3) is 0 Å². The van der Waals surface area contributed by atoms with Crippen molar-refractivity contribution in [2.24, 2.45) is 0 Å². The molecule has 14 heavy (non-hydrogen) atoms. The van der Waals surface area contributed by atoms with E-state index in [9.17, 15) is 0 Å². The maximum atomic E-state index is 8.77. The standard InChI is InChI=1S/C10H24N2O2/c1-2-4-11-5-3-6-12(7-9-13)8-10-14/h11,13-14H,2-10H2,1H3. The third-order valence-electron chi connectivity index (χ3n) is 2.09. The lowest BCUT2D eigenvalue weighted by molar-refractivity contribution is 0.160. The van der Waals surface area contributed by atoms with E-state index in [0.717, 1.165) is 32.5 Å². The molecule has 3 N–H and O–H groups in total. The van der Waals surface area contributed by atoms with Gasteiger partial charge in [0, 0.05) is 13.1 Å². The molecule has 0 aromatic rings. The Labute approximate surface area is 86.9 Å². The zero-order valence-electron chi connectivity index (χ0n) is 9.21. The molecule has 86 valence electrons. The van der Waals surface area contributed by atoms with E-state index in [1.54, 1.807) is 0 Å². The predicted octanol–water partition coefficient (Wildman–Crippen LogP) is -0.337. The lowest BCUT2D eigenvalue weighted by Gasteiger charge is -2.19. The van der Waals surface area contributed by atoms with E-state index in [1.807, 2.05) is 0 Å². The average Bonchev–Trinajstić information content (AvgIpc) is 2.18. The van der Waals surface area contributed by atoms with Crippen molar-refractivity contribution in [2.45, 2.75) is 19.8 Å². The molecule has 0 aliphatic rings. The van der Waals surface area contributed by atoms with Crippen molar-refractivity contribution in [1.82, 2.24) is 10.2 Å². The molecule has 0 amide bonds. The molecule has 0 fully saturated rings. The summed E-state index contributed by atoms with van der Waals surface area (Å²) in [6, 6.07) is 0. The minimum absolute atomic E-state index is 0.169. The van der Waals surface area contributed by atoms with Gasteiger partial charge in [0.15, 0.2) is 0 Å². The van der Waals surface area contributed by atoms with Crippen LogP contribution < -0.4 is 5.32 Å². The van der Waals surface area contributed by atoms with Gasteiger partial charge in [0.2, 0.25) is 0 Å². The van der Waals surface area contributed by atoms with Gasteiger partial charge in [0.05, 0.1) is 13.2 Å². The monoisotopic (exact) mass is 204 g/mol. The van der Waals surface area contributed by atoms with E-state index in [2.05, 4.69) is 17.1 Å². The number of rotatable bonds is 10. The van der Waals surface area contributed by atoms with Gasteiger partial charge in [-0.1, -0.05) is 6.92 Å². The molecule has 4 heteroatoms. The Bertz CT molecular complexity index is 106. The Hall–Kier alpha value is -0.160. The van der Waals surface area contributed by atoms with Crippen LogP contribution in [0.15, 0.2) is 0 Å². The Morgan fingerprint density at radius 3 is 2.14 bits per heavy atom. The normalized spacial score (nSPS) is 11.1. The van der Waals surface area contributed by atoms with E-state index in [1.165, 1.54) is 0 Å². The molecule has 0 aromatic heterocycles. The van der Waals surface area contributed by atoms with Crippen LogP contribution in [0.1, 0.15) is 19.8 Å². The second-order valence-corrected chi connectivity index (χ2v) is 3.39. The topological polar surface area (TPSA) is 55.7 Å². The molecule has 0 rings (SSSR count). The van der Waals surface area contributed by atoms with Crippen molar-refractivity contribution in [1.29, 1.82) is 0 Å². The Morgan fingerprint density at radius 1 is 1.00 bits per heavy atom. The third-order valence-corrected chi connectivity index (χ3v) is 2.09. The highest BCUT2D eigenvalue weighted by atomic mass is 16.3. The first kappa shape index (κ1) is 13.8. The molecular formula is C10H24N2O2. The molecular weight excluding hydrogens is 180 g/mol. The summed E-state index contributed by atoms with van der Waals surface area (Å²) in [5.41, 5.74) is 0. The van der Waals surface area contributed by atoms with Gasteiger partial charge in [-0.05, 0) is 32.5 Å². The summed E-state index contributed by atoms with van der Waals surface area (Å²) >= 11 is 0. The smallest absolute Gasteiger partial charge is 0.0558 e.